The van der Waals surface area contributed by atoms with Gasteiger partial charge in [0.1, 0.15) is 0 Å². The van der Waals surface area contributed by atoms with E-state index in [2.05, 4.69) is 38.9 Å². The number of nitrogens with zero attached hydrogens (tertiary/aromatic N) is 3. The van der Waals surface area contributed by atoms with Crippen molar-refractivity contribution in [2.75, 3.05) is 13.2 Å². The van der Waals surface area contributed by atoms with Gasteiger partial charge in [0.2, 0.25) is 0 Å². The van der Waals surface area contributed by atoms with Crippen LogP contribution in [0.3, 0.4) is 0 Å². The summed E-state index contributed by atoms with van der Waals surface area (Å²) in [4.78, 5) is 4.49. The molecule has 0 saturated carbocycles. The fourth-order valence-electron chi connectivity index (χ4n) is 1.79. The largest absolute Gasteiger partial charge is 0.415 e. The van der Waals surface area contributed by atoms with E-state index in [1.165, 1.54) is 0 Å². The molecule has 0 radical (unpaired) electrons. The molecule has 23 heavy (non-hydrogen) atoms. The zero-order valence-corrected chi connectivity index (χ0v) is 15.6. The summed E-state index contributed by atoms with van der Waals surface area (Å²) in [6.07, 6.45) is 0. The Bertz CT molecular complexity index is 604. The Morgan fingerprint density at radius 2 is 1.74 bits per heavy atom. The van der Waals surface area contributed by atoms with Crippen molar-refractivity contribution in [1.82, 2.24) is 0 Å². The SMILES string of the molecule is CC(C)(C)[Si](C)(C)OCCN=C(c1ccccc1)C(C#N)C#N. The second-order valence-corrected chi connectivity index (χ2v) is 11.7. The molecule has 0 aliphatic rings. The van der Waals surface area contributed by atoms with Crippen molar-refractivity contribution in [3.8, 4) is 12.1 Å². The fraction of sp³-hybridized carbons (Fsp3) is 0.500. The van der Waals surface area contributed by atoms with E-state index in [4.69, 9.17) is 4.43 Å². The van der Waals surface area contributed by atoms with E-state index in [0.29, 0.717) is 18.9 Å². The van der Waals surface area contributed by atoms with Crippen LogP contribution in [0.1, 0.15) is 26.3 Å². The van der Waals surface area contributed by atoms with Gasteiger partial charge in [-0.15, -0.1) is 0 Å². The highest BCUT2D eigenvalue weighted by atomic mass is 28.4. The van der Waals surface area contributed by atoms with Crippen LogP contribution < -0.4 is 0 Å². The first-order valence-electron chi connectivity index (χ1n) is 7.76. The minimum Gasteiger partial charge on any atom is -0.415 e. The van der Waals surface area contributed by atoms with Crippen molar-refractivity contribution in [2.24, 2.45) is 10.9 Å². The van der Waals surface area contributed by atoms with E-state index < -0.39 is 14.2 Å². The molecule has 122 valence electrons. The van der Waals surface area contributed by atoms with Crippen molar-refractivity contribution < 1.29 is 4.43 Å². The molecule has 0 fully saturated rings. The Balaban J connectivity index is 2.84. The first-order valence-corrected chi connectivity index (χ1v) is 10.7. The Morgan fingerprint density at radius 1 is 1.17 bits per heavy atom. The standard InChI is InChI=1S/C18H25N3OSi/c1-18(2,3)23(4,5)22-12-11-21-17(16(13-19)14-20)15-9-7-6-8-10-15/h6-10,16H,11-12H2,1-5H3. The molecule has 0 unspecified atom stereocenters. The Hall–Kier alpha value is -1.95. The summed E-state index contributed by atoms with van der Waals surface area (Å²) in [5, 5.41) is 18.5. The first kappa shape index (κ1) is 19.1. The van der Waals surface area contributed by atoms with Gasteiger partial charge < -0.3 is 4.43 Å². The molecule has 0 aliphatic carbocycles. The van der Waals surface area contributed by atoms with Gasteiger partial charge in [-0.2, -0.15) is 10.5 Å². The van der Waals surface area contributed by atoms with Crippen molar-refractivity contribution in [3.63, 3.8) is 0 Å². The van der Waals surface area contributed by atoms with Crippen LogP contribution in [0, 0.1) is 28.6 Å². The number of hydrogen-bond donors (Lipinski definition) is 0. The molecule has 0 bridgehead atoms. The zero-order chi connectivity index (χ0) is 17.5. The van der Waals surface area contributed by atoms with Crippen LogP contribution in [0.4, 0.5) is 0 Å². The Kier molecular flexibility index (Phi) is 6.69. The van der Waals surface area contributed by atoms with Gasteiger partial charge in [0, 0.05) is 0 Å². The van der Waals surface area contributed by atoms with Crippen LogP contribution in [0.2, 0.25) is 18.1 Å². The van der Waals surface area contributed by atoms with Crippen LogP contribution >= 0.6 is 0 Å². The monoisotopic (exact) mass is 327 g/mol. The zero-order valence-electron chi connectivity index (χ0n) is 14.6. The molecular weight excluding hydrogens is 302 g/mol. The molecule has 0 atom stereocenters. The predicted molar refractivity (Wildman–Crippen MR) is 95.7 cm³/mol. The van der Waals surface area contributed by atoms with Gasteiger partial charge in [-0.05, 0) is 23.7 Å². The van der Waals surface area contributed by atoms with Crippen LogP contribution in [-0.4, -0.2) is 27.2 Å². The number of hydrogen-bond acceptors (Lipinski definition) is 4. The fourth-order valence-corrected chi connectivity index (χ4v) is 2.83. The van der Waals surface area contributed by atoms with Gasteiger partial charge in [0.15, 0.2) is 14.2 Å². The summed E-state index contributed by atoms with van der Waals surface area (Å²) in [7, 11) is -1.80. The summed E-state index contributed by atoms with van der Waals surface area (Å²) in [5.74, 6) is -0.856. The molecule has 0 N–H and O–H groups in total. The average Bonchev–Trinajstić information content (AvgIpc) is 2.50. The molecule has 1 aromatic rings. The Morgan fingerprint density at radius 3 is 2.22 bits per heavy atom. The molecule has 4 nitrogen and oxygen atoms in total. The smallest absolute Gasteiger partial charge is 0.192 e. The third-order valence-corrected chi connectivity index (χ3v) is 8.78. The molecule has 0 spiro atoms. The van der Waals surface area contributed by atoms with Gasteiger partial charge in [-0.3, -0.25) is 4.99 Å². The lowest BCUT2D eigenvalue weighted by Crippen LogP contribution is -2.41. The third-order valence-electron chi connectivity index (χ3n) is 4.24. The summed E-state index contributed by atoms with van der Waals surface area (Å²) < 4.78 is 6.09. The third kappa shape index (κ3) is 5.32. The van der Waals surface area contributed by atoms with Crippen LogP contribution in [0.5, 0.6) is 0 Å². The van der Waals surface area contributed by atoms with Gasteiger partial charge in [0.25, 0.3) is 0 Å². The van der Waals surface area contributed by atoms with Crippen LogP contribution in [0.25, 0.3) is 0 Å². The van der Waals surface area contributed by atoms with Gasteiger partial charge in [-0.1, -0.05) is 51.1 Å². The first-order chi connectivity index (χ1) is 10.7. The molecule has 0 aliphatic heterocycles. The number of nitriles is 2. The summed E-state index contributed by atoms with van der Waals surface area (Å²) >= 11 is 0. The summed E-state index contributed by atoms with van der Waals surface area (Å²) in [6.45, 7) is 11.9. The molecular formula is C18H25N3OSi. The maximum atomic E-state index is 9.17. The van der Waals surface area contributed by atoms with E-state index >= 15 is 0 Å². The highest BCUT2D eigenvalue weighted by Crippen LogP contribution is 2.36. The van der Waals surface area contributed by atoms with E-state index in [0.717, 1.165) is 5.56 Å². The number of benzene rings is 1. The lowest BCUT2D eigenvalue weighted by Gasteiger charge is -2.36. The lowest BCUT2D eigenvalue weighted by atomic mass is 9.99. The van der Waals surface area contributed by atoms with E-state index in [1.54, 1.807) is 0 Å². The number of rotatable bonds is 6. The molecule has 0 saturated heterocycles. The maximum Gasteiger partial charge on any atom is 0.192 e. The minimum atomic E-state index is -1.80. The topological polar surface area (TPSA) is 69.2 Å². The van der Waals surface area contributed by atoms with Crippen molar-refractivity contribution in [2.45, 2.75) is 38.9 Å². The molecule has 0 aromatic heterocycles. The second-order valence-electron chi connectivity index (χ2n) is 6.93. The van der Waals surface area contributed by atoms with E-state index in [-0.39, 0.29) is 5.04 Å². The lowest BCUT2D eigenvalue weighted by molar-refractivity contribution is 0.298. The van der Waals surface area contributed by atoms with E-state index in [9.17, 15) is 10.5 Å². The molecule has 1 aromatic carbocycles. The van der Waals surface area contributed by atoms with Crippen molar-refractivity contribution >= 4 is 14.0 Å². The summed E-state index contributed by atoms with van der Waals surface area (Å²) in [5.41, 5.74) is 1.34. The molecule has 5 heteroatoms. The van der Waals surface area contributed by atoms with Crippen LogP contribution in [0.15, 0.2) is 35.3 Å². The van der Waals surface area contributed by atoms with Crippen LogP contribution in [-0.2, 0) is 4.43 Å². The van der Waals surface area contributed by atoms with Crippen molar-refractivity contribution in [3.05, 3.63) is 35.9 Å². The molecule has 0 heterocycles. The molecule has 0 amide bonds. The second kappa shape index (κ2) is 8.06. The van der Waals surface area contributed by atoms with E-state index in [1.807, 2.05) is 42.5 Å². The predicted octanol–water partition coefficient (Wildman–Crippen LogP) is 4.16. The normalized spacial score (nSPS) is 12.8. The highest BCUT2D eigenvalue weighted by Gasteiger charge is 2.36. The average molecular weight is 328 g/mol. The quantitative estimate of drug-likeness (QED) is 0.447. The number of aliphatic imine (C=N–C) groups is 1. The van der Waals surface area contributed by atoms with Gasteiger partial charge in [-0.25, -0.2) is 0 Å². The minimum absolute atomic E-state index is 0.154. The maximum absolute atomic E-state index is 9.17. The van der Waals surface area contributed by atoms with Gasteiger partial charge >= 0.3 is 0 Å². The summed E-state index contributed by atoms with van der Waals surface area (Å²) in [6, 6.07) is 13.4. The molecule has 1 rings (SSSR count). The highest BCUT2D eigenvalue weighted by molar-refractivity contribution is 6.74. The van der Waals surface area contributed by atoms with Gasteiger partial charge in [0.05, 0.1) is 31.0 Å². The van der Waals surface area contributed by atoms with Crippen molar-refractivity contribution in [1.29, 1.82) is 10.5 Å². The Labute approximate surface area is 140 Å².